The van der Waals surface area contributed by atoms with Gasteiger partial charge in [-0.3, -0.25) is 4.79 Å². The van der Waals surface area contributed by atoms with Gasteiger partial charge < -0.3 is 52.9 Å². The molecule has 13 nitrogen and oxygen atoms in total. The minimum absolute atomic E-state index is 0.0212. The topological polar surface area (TPSA) is 106 Å². The second-order valence-corrected chi connectivity index (χ2v) is 32.5. The SMILES string of the molecule is CCOC(=O)N1CCC(CN2CCC(c3cc(Cl)ccc3OC)CC2)CC1.COc1ccccc1-c1ccc(OC)c(C2CCN([C@H]3C[C@H]4CC[C@H]3C4)CC2)c1.COc1ccccc1C1CCN(C2CCCC2)CC1.O=C(COc1ccccc1C1CCN([C@H]2C[C@H]3CC[C@H]2C3)CC1)c1ccc(F)cc1. The number of benzene rings is 6. The van der Waals surface area contributed by atoms with E-state index in [0.29, 0.717) is 41.8 Å². The van der Waals surface area contributed by atoms with E-state index in [1.807, 2.05) is 48.2 Å². The molecule has 0 spiro atoms. The lowest BCUT2D eigenvalue weighted by Gasteiger charge is -2.40. The second kappa shape index (κ2) is 37.4. The Morgan fingerprint density at radius 1 is 0.457 bits per heavy atom. The fourth-order valence-electron chi connectivity index (χ4n) is 20.5. The van der Waals surface area contributed by atoms with Crippen LogP contribution in [0, 0.1) is 35.4 Å². The molecule has 6 aromatic carbocycles. The van der Waals surface area contributed by atoms with Crippen LogP contribution in [0.3, 0.4) is 0 Å². The molecule has 5 heterocycles. The molecule has 1 amide bonds. The number of carbonyl (C=O) groups is 2. The number of halogens is 2. The molecule has 15 heteroatoms. The van der Waals surface area contributed by atoms with E-state index in [0.717, 1.165) is 152 Å². The van der Waals surface area contributed by atoms with E-state index in [2.05, 4.69) is 92.4 Å². The highest BCUT2D eigenvalue weighted by Gasteiger charge is 2.45. The highest BCUT2D eigenvalue weighted by Crippen LogP contribution is 2.50. The zero-order chi connectivity index (χ0) is 72.6. The summed E-state index contributed by atoms with van der Waals surface area (Å²) in [5, 5.41) is 0.779. The van der Waals surface area contributed by atoms with Gasteiger partial charge in [-0.05, 0) is 329 Å². The molecule has 6 aromatic rings. The molecular formula is C90H119ClFN5O8. The van der Waals surface area contributed by atoms with Gasteiger partial charge in [0.05, 0.1) is 35.0 Å². The van der Waals surface area contributed by atoms with Gasteiger partial charge in [0.25, 0.3) is 0 Å². The highest BCUT2D eigenvalue weighted by molar-refractivity contribution is 6.30. The van der Waals surface area contributed by atoms with E-state index in [1.165, 1.54) is 194 Å². The standard InChI is InChI=1S/C26H30FNO2.C26H33NO2.C21H31ClN2O3.C17H25NO/c27-22-9-7-20(8-10-22)25(29)17-30-26-4-2-1-3-23(26)19-11-13-28(14-12-19)24-16-18-5-6-21(24)15-18;1-28-25-6-4-3-5-22(25)20-9-10-26(29-2)23(17-20)19-11-13-27(14-12-19)24-16-18-7-8-21(24)15-18;1-3-27-21(25)24-12-6-16(7-13-24)15-23-10-8-17(9-11-23)19-14-18(22)4-5-20(19)26-2;1-19-17-9-5-4-8-16(17)14-10-12-18(13-11-14)15-6-2-3-7-15/h1-4,7-10,18-19,21,24H,5-6,11-17H2;3-6,9-10,17-19,21,24H,7-8,11-16H2,1-2H3;4-5,14,16-17H,3,6-13,15H2,1-2H3;4-5,8-9,14-15H,2-3,6-7,10-13H2,1H3/t2*18-,21-,24-;;/m00../s1. The number of piperidine rings is 5. The predicted molar refractivity (Wildman–Crippen MR) is 420 cm³/mol. The third-order valence-electron chi connectivity index (χ3n) is 26.2. The first-order valence-corrected chi connectivity index (χ1v) is 40.9. The predicted octanol–water partition coefficient (Wildman–Crippen LogP) is 19.4. The number of ether oxygens (including phenoxy) is 6. The molecule has 16 rings (SSSR count). The Morgan fingerprint density at radius 3 is 1.47 bits per heavy atom. The first-order chi connectivity index (χ1) is 51.4. The summed E-state index contributed by atoms with van der Waals surface area (Å²) < 4.78 is 46.5. The van der Waals surface area contributed by atoms with Crippen LogP contribution in [0.15, 0.2) is 133 Å². The number of methoxy groups -OCH3 is 4. The van der Waals surface area contributed by atoms with E-state index in [1.54, 1.807) is 28.4 Å². The van der Waals surface area contributed by atoms with E-state index in [4.69, 9.17) is 40.0 Å². The number of hydrogen-bond donors (Lipinski definition) is 0. The molecule has 4 bridgehead atoms. The van der Waals surface area contributed by atoms with Crippen molar-refractivity contribution in [1.82, 2.24) is 24.5 Å². The number of Topliss-reactive ketones (excluding diaryl/α,β-unsaturated/α-hetero) is 1. The van der Waals surface area contributed by atoms with Crippen molar-refractivity contribution in [3.63, 3.8) is 0 Å². The van der Waals surface area contributed by atoms with Crippen LogP contribution in [0.5, 0.6) is 28.7 Å². The Kier molecular flexibility index (Phi) is 27.3. The van der Waals surface area contributed by atoms with Crippen LogP contribution in [-0.2, 0) is 4.74 Å². The quantitative estimate of drug-likeness (QED) is 0.0721. The number of para-hydroxylation sites is 3. The van der Waals surface area contributed by atoms with E-state index in [-0.39, 0.29) is 24.3 Å². The van der Waals surface area contributed by atoms with Crippen LogP contribution in [0.4, 0.5) is 9.18 Å². The van der Waals surface area contributed by atoms with Crippen LogP contribution in [0.2, 0.25) is 5.02 Å². The van der Waals surface area contributed by atoms with Gasteiger partial charge in [-0.2, -0.15) is 0 Å². The fourth-order valence-corrected chi connectivity index (χ4v) is 20.7. The molecule has 10 aliphatic rings. The summed E-state index contributed by atoms with van der Waals surface area (Å²) in [5.74, 6) is 11.2. The lowest BCUT2D eigenvalue weighted by Crippen LogP contribution is -2.43. The second-order valence-electron chi connectivity index (χ2n) is 32.1. The number of ketones is 1. The van der Waals surface area contributed by atoms with Gasteiger partial charge in [-0.25, -0.2) is 9.18 Å². The average Bonchev–Trinajstić information content (AvgIpc) is 1.72. The number of nitrogens with zero attached hydrogens (tertiary/aromatic N) is 5. The molecule has 566 valence electrons. The first kappa shape index (κ1) is 76.5. The zero-order valence-electron chi connectivity index (χ0n) is 63.6. The molecule has 0 radical (unpaired) electrons. The van der Waals surface area contributed by atoms with Crippen LogP contribution >= 0.6 is 11.6 Å². The molecule has 0 N–H and O–H groups in total. The molecule has 0 unspecified atom stereocenters. The fraction of sp³-hybridized carbons (Fsp3) is 0.578. The number of carbonyl (C=O) groups excluding carboxylic acids is 2. The van der Waals surface area contributed by atoms with Gasteiger partial charge in [0, 0.05) is 53.9 Å². The molecule has 5 saturated carbocycles. The van der Waals surface area contributed by atoms with Crippen molar-refractivity contribution in [3.05, 3.63) is 172 Å². The average molecular weight is 1450 g/mol. The summed E-state index contributed by atoms with van der Waals surface area (Å²) in [4.78, 5) is 37.0. The van der Waals surface area contributed by atoms with Gasteiger partial charge in [0.2, 0.25) is 0 Å². The van der Waals surface area contributed by atoms with Crippen molar-refractivity contribution < 1.29 is 42.4 Å². The van der Waals surface area contributed by atoms with E-state index >= 15 is 0 Å². The Morgan fingerprint density at radius 2 is 0.933 bits per heavy atom. The third kappa shape index (κ3) is 19.4. The Hall–Kier alpha value is -6.68. The molecule has 10 fully saturated rings. The Labute approximate surface area is 632 Å². The summed E-state index contributed by atoms with van der Waals surface area (Å²) >= 11 is 6.20. The highest BCUT2D eigenvalue weighted by atomic mass is 35.5. The monoisotopic (exact) mass is 1450 g/mol. The lowest BCUT2D eigenvalue weighted by molar-refractivity contribution is 0.0830. The normalized spacial score (nSPS) is 24.4. The Balaban J connectivity index is 0.000000126. The van der Waals surface area contributed by atoms with Crippen LogP contribution < -0.4 is 23.7 Å². The number of fused-ring (bicyclic) bond motifs is 4. The van der Waals surface area contributed by atoms with Crippen molar-refractivity contribution >= 4 is 23.5 Å². The largest absolute Gasteiger partial charge is 0.496 e. The third-order valence-corrected chi connectivity index (χ3v) is 26.4. The van der Waals surface area contributed by atoms with Crippen molar-refractivity contribution in [2.24, 2.45) is 29.6 Å². The Bertz CT molecular complexity index is 3720. The van der Waals surface area contributed by atoms with Crippen molar-refractivity contribution in [2.45, 2.75) is 190 Å². The molecule has 6 atom stereocenters. The van der Waals surface area contributed by atoms with Crippen molar-refractivity contribution in [2.75, 3.05) is 114 Å². The zero-order valence-corrected chi connectivity index (χ0v) is 64.4. The van der Waals surface area contributed by atoms with Gasteiger partial charge >= 0.3 is 6.09 Å². The van der Waals surface area contributed by atoms with Gasteiger partial charge in [0.1, 0.15) is 34.6 Å². The maximum Gasteiger partial charge on any atom is 0.409 e. The smallest absolute Gasteiger partial charge is 0.409 e. The molecular weight excluding hydrogens is 1330 g/mol. The minimum Gasteiger partial charge on any atom is -0.496 e. The number of likely N-dealkylation sites (tertiary alicyclic amines) is 5. The van der Waals surface area contributed by atoms with E-state index in [9.17, 15) is 14.0 Å². The maximum atomic E-state index is 13.1. The van der Waals surface area contributed by atoms with Crippen molar-refractivity contribution in [1.29, 1.82) is 0 Å². The van der Waals surface area contributed by atoms with Crippen molar-refractivity contribution in [3.8, 4) is 39.9 Å². The molecule has 5 saturated heterocycles. The summed E-state index contributed by atoms with van der Waals surface area (Å²) in [6, 6.07) is 45.8. The van der Waals surface area contributed by atoms with Crippen LogP contribution in [0.25, 0.3) is 11.1 Å². The molecule has 0 aromatic heterocycles. The molecule has 5 aliphatic heterocycles. The summed E-state index contributed by atoms with van der Waals surface area (Å²) in [5.41, 5.74) is 8.09. The molecule has 105 heavy (non-hydrogen) atoms. The van der Waals surface area contributed by atoms with E-state index < -0.39 is 0 Å². The minimum atomic E-state index is -0.338. The number of amides is 1. The summed E-state index contributed by atoms with van der Waals surface area (Å²) in [7, 11) is 7.05. The molecule has 5 aliphatic carbocycles. The van der Waals surface area contributed by atoms with Crippen LogP contribution in [0.1, 0.15) is 204 Å². The number of rotatable bonds is 19. The van der Waals surface area contributed by atoms with Gasteiger partial charge in [0.15, 0.2) is 12.4 Å². The maximum absolute atomic E-state index is 13.1. The van der Waals surface area contributed by atoms with Crippen LogP contribution in [-0.4, -0.2) is 168 Å². The summed E-state index contributed by atoms with van der Waals surface area (Å²) in [6.45, 7) is 14.6. The first-order valence-electron chi connectivity index (χ1n) is 40.6. The van der Waals surface area contributed by atoms with Gasteiger partial charge in [-0.1, -0.05) is 97.9 Å². The van der Waals surface area contributed by atoms with Gasteiger partial charge in [-0.15, -0.1) is 0 Å². The summed E-state index contributed by atoms with van der Waals surface area (Å²) in [6.07, 6.45) is 29.1. The number of hydrogen-bond acceptors (Lipinski definition) is 12. The lowest BCUT2D eigenvalue weighted by atomic mass is 9.85.